The van der Waals surface area contributed by atoms with Crippen molar-refractivity contribution in [2.24, 2.45) is 11.8 Å². The number of nitrogens with one attached hydrogen (secondary N) is 1. The van der Waals surface area contributed by atoms with Crippen LogP contribution in [0.5, 0.6) is 0 Å². The summed E-state index contributed by atoms with van der Waals surface area (Å²) in [5, 5.41) is 12.9. The van der Waals surface area contributed by atoms with Gasteiger partial charge in [0.25, 0.3) is 0 Å². The van der Waals surface area contributed by atoms with Crippen LogP contribution in [0.15, 0.2) is 24.5 Å². The molecule has 3 rings (SSSR count). The summed E-state index contributed by atoms with van der Waals surface area (Å²) >= 11 is 0. The molecule has 132 valence electrons. The fraction of sp³-hybridized carbons (Fsp3) is 0.667. The topological polar surface area (TPSA) is 68.7 Å². The first-order valence-electron chi connectivity index (χ1n) is 8.97. The van der Waals surface area contributed by atoms with Crippen molar-refractivity contribution in [3.05, 3.63) is 24.5 Å². The zero-order valence-electron chi connectivity index (χ0n) is 14.4. The third kappa shape index (κ3) is 4.38. The number of amides is 2. The van der Waals surface area contributed by atoms with Crippen LogP contribution in [0.25, 0.3) is 0 Å². The van der Waals surface area contributed by atoms with E-state index in [1.807, 2.05) is 24.5 Å². The van der Waals surface area contributed by atoms with Crippen LogP contribution in [0.1, 0.15) is 26.2 Å². The van der Waals surface area contributed by atoms with Gasteiger partial charge in [-0.3, -0.25) is 4.98 Å². The molecule has 2 saturated heterocycles. The maximum absolute atomic E-state index is 12.3. The van der Waals surface area contributed by atoms with E-state index in [0.717, 1.165) is 45.4 Å². The molecule has 0 radical (unpaired) electrons. The number of nitrogens with zero attached hydrogens (tertiary/aromatic N) is 3. The van der Waals surface area contributed by atoms with Crippen molar-refractivity contribution in [2.45, 2.75) is 32.3 Å². The molecule has 0 unspecified atom stereocenters. The fourth-order valence-corrected chi connectivity index (χ4v) is 3.78. The Labute approximate surface area is 143 Å². The van der Waals surface area contributed by atoms with Crippen LogP contribution >= 0.6 is 0 Å². The molecule has 24 heavy (non-hydrogen) atoms. The largest absolute Gasteiger partial charge is 0.391 e. The molecular formula is C18H28N4O2. The number of β-amino-alcohol motifs (C(OH)–C–C–N with tert-alkyl or cyclic N) is 1. The Bertz CT molecular complexity index is 521. The van der Waals surface area contributed by atoms with Crippen molar-refractivity contribution in [3.63, 3.8) is 0 Å². The zero-order chi connectivity index (χ0) is 16.9. The van der Waals surface area contributed by atoms with E-state index >= 15 is 0 Å². The summed E-state index contributed by atoms with van der Waals surface area (Å²) in [5.41, 5.74) is 1.23. The van der Waals surface area contributed by atoms with Gasteiger partial charge in [-0.05, 0) is 43.2 Å². The molecule has 2 aliphatic rings. The molecule has 2 fully saturated rings. The Morgan fingerprint density at radius 1 is 1.29 bits per heavy atom. The van der Waals surface area contributed by atoms with E-state index in [1.165, 1.54) is 5.69 Å². The molecule has 0 aliphatic carbocycles. The molecule has 0 saturated carbocycles. The van der Waals surface area contributed by atoms with Gasteiger partial charge in [0.15, 0.2) is 0 Å². The molecule has 3 heterocycles. The van der Waals surface area contributed by atoms with Gasteiger partial charge in [-0.15, -0.1) is 0 Å². The number of rotatable bonds is 3. The van der Waals surface area contributed by atoms with Crippen LogP contribution in [0.3, 0.4) is 0 Å². The summed E-state index contributed by atoms with van der Waals surface area (Å²) in [4.78, 5) is 20.5. The summed E-state index contributed by atoms with van der Waals surface area (Å²) in [6.45, 7) is 6.04. The van der Waals surface area contributed by atoms with Crippen molar-refractivity contribution < 1.29 is 9.90 Å². The van der Waals surface area contributed by atoms with E-state index in [4.69, 9.17) is 0 Å². The second-order valence-electron chi connectivity index (χ2n) is 7.22. The Morgan fingerprint density at radius 3 is 2.67 bits per heavy atom. The average Bonchev–Trinajstić information content (AvgIpc) is 2.60. The number of piperidine rings is 2. The van der Waals surface area contributed by atoms with Crippen molar-refractivity contribution in [3.8, 4) is 0 Å². The lowest BCUT2D eigenvalue weighted by atomic mass is 9.96. The van der Waals surface area contributed by atoms with Crippen molar-refractivity contribution >= 4 is 11.7 Å². The van der Waals surface area contributed by atoms with Gasteiger partial charge < -0.3 is 20.2 Å². The van der Waals surface area contributed by atoms with Crippen LogP contribution in [0, 0.1) is 11.8 Å². The first-order valence-corrected chi connectivity index (χ1v) is 8.97. The molecule has 2 aliphatic heterocycles. The second kappa shape index (κ2) is 7.83. The maximum Gasteiger partial charge on any atom is 0.317 e. The lowest BCUT2D eigenvalue weighted by molar-refractivity contribution is 0.0601. The third-order valence-corrected chi connectivity index (χ3v) is 5.11. The highest BCUT2D eigenvalue weighted by Crippen LogP contribution is 2.22. The summed E-state index contributed by atoms with van der Waals surface area (Å²) in [6, 6.07) is 4.06. The minimum atomic E-state index is -0.386. The minimum absolute atomic E-state index is 0.0304. The average molecular weight is 332 g/mol. The Kier molecular flexibility index (Phi) is 5.56. The first-order chi connectivity index (χ1) is 11.6. The molecule has 2 atom stereocenters. The molecule has 2 N–H and O–H groups in total. The van der Waals surface area contributed by atoms with E-state index in [0.29, 0.717) is 18.4 Å². The highest BCUT2D eigenvalue weighted by molar-refractivity contribution is 5.74. The minimum Gasteiger partial charge on any atom is -0.391 e. The van der Waals surface area contributed by atoms with E-state index in [2.05, 4.69) is 22.1 Å². The number of hydrogen-bond donors (Lipinski definition) is 2. The molecule has 6 nitrogen and oxygen atoms in total. The predicted octanol–water partition coefficient (Wildman–Crippen LogP) is 1.71. The molecule has 0 spiro atoms. The third-order valence-electron chi connectivity index (χ3n) is 5.11. The number of anilines is 1. The molecule has 6 heteroatoms. The Hall–Kier alpha value is -1.82. The monoisotopic (exact) mass is 332 g/mol. The van der Waals surface area contributed by atoms with Gasteiger partial charge in [0.1, 0.15) is 0 Å². The molecule has 1 aromatic rings. The number of hydrogen-bond acceptors (Lipinski definition) is 4. The van der Waals surface area contributed by atoms with Crippen molar-refractivity contribution in [2.75, 3.05) is 37.6 Å². The highest BCUT2D eigenvalue weighted by Gasteiger charge is 2.27. The van der Waals surface area contributed by atoms with Crippen molar-refractivity contribution in [1.82, 2.24) is 15.2 Å². The normalized spacial score (nSPS) is 25.6. The quantitative estimate of drug-likeness (QED) is 0.884. The van der Waals surface area contributed by atoms with Gasteiger partial charge in [0.05, 0.1) is 6.10 Å². The van der Waals surface area contributed by atoms with Gasteiger partial charge in [-0.25, -0.2) is 4.79 Å². The van der Waals surface area contributed by atoms with E-state index in [-0.39, 0.29) is 12.1 Å². The van der Waals surface area contributed by atoms with Crippen LogP contribution in [0.2, 0.25) is 0 Å². The van der Waals surface area contributed by atoms with Crippen molar-refractivity contribution in [1.29, 1.82) is 0 Å². The molecular weight excluding hydrogens is 304 g/mol. The smallest absolute Gasteiger partial charge is 0.317 e. The fourth-order valence-electron chi connectivity index (χ4n) is 3.78. The van der Waals surface area contributed by atoms with E-state index in [1.54, 1.807) is 4.90 Å². The number of urea groups is 1. The standard InChI is InChI=1S/C18H28N4O2/c1-14-10-17(23)13-22(12-14)18(24)20-11-15-4-8-21(9-5-15)16-2-6-19-7-3-16/h2-3,6-7,14-15,17,23H,4-5,8-13H2,1H3,(H,20,24)/t14-,17+/m1/s1. The maximum atomic E-state index is 12.3. The van der Waals surface area contributed by atoms with E-state index in [9.17, 15) is 9.90 Å². The SMILES string of the molecule is C[C@@H]1C[C@H](O)CN(C(=O)NCC2CCN(c3ccncc3)CC2)C1. The Balaban J connectivity index is 1.41. The number of likely N-dealkylation sites (tertiary alicyclic amines) is 1. The molecule has 1 aromatic heterocycles. The van der Waals surface area contributed by atoms with Crippen LogP contribution < -0.4 is 10.2 Å². The number of aliphatic hydroxyl groups is 1. The van der Waals surface area contributed by atoms with Crippen LogP contribution in [-0.4, -0.2) is 59.8 Å². The second-order valence-corrected chi connectivity index (χ2v) is 7.22. The van der Waals surface area contributed by atoms with Gasteiger partial charge in [-0.2, -0.15) is 0 Å². The number of pyridine rings is 1. The Morgan fingerprint density at radius 2 is 2.00 bits per heavy atom. The highest BCUT2D eigenvalue weighted by atomic mass is 16.3. The van der Waals surface area contributed by atoms with Crippen LogP contribution in [-0.2, 0) is 0 Å². The number of aromatic nitrogens is 1. The summed E-state index contributed by atoms with van der Waals surface area (Å²) < 4.78 is 0. The van der Waals surface area contributed by atoms with Gasteiger partial charge in [0.2, 0.25) is 0 Å². The molecule has 2 amide bonds. The first kappa shape index (κ1) is 17.0. The van der Waals surface area contributed by atoms with Gasteiger partial charge in [-0.1, -0.05) is 6.92 Å². The zero-order valence-corrected chi connectivity index (χ0v) is 14.4. The van der Waals surface area contributed by atoms with Gasteiger partial charge >= 0.3 is 6.03 Å². The lowest BCUT2D eigenvalue weighted by Gasteiger charge is -2.36. The molecule has 0 aromatic carbocycles. The lowest BCUT2D eigenvalue weighted by Crippen LogP contribution is -2.50. The van der Waals surface area contributed by atoms with E-state index < -0.39 is 0 Å². The van der Waals surface area contributed by atoms with Crippen LogP contribution in [0.4, 0.5) is 10.5 Å². The number of aliphatic hydroxyl groups excluding tert-OH is 1. The van der Waals surface area contributed by atoms with Gasteiger partial charge in [0, 0.05) is 50.8 Å². The molecule has 0 bridgehead atoms. The number of carbonyl (C=O) groups is 1. The summed E-state index contributed by atoms with van der Waals surface area (Å²) in [6.07, 6.45) is 6.23. The predicted molar refractivity (Wildman–Crippen MR) is 93.9 cm³/mol. The number of carbonyl (C=O) groups excluding carboxylic acids is 1. The summed E-state index contributed by atoms with van der Waals surface area (Å²) in [7, 11) is 0. The summed E-state index contributed by atoms with van der Waals surface area (Å²) in [5.74, 6) is 0.891.